The maximum Gasteiger partial charge on any atom is 0.249 e. The number of hydrogen-bond donors (Lipinski definition) is 1. The van der Waals surface area contributed by atoms with Crippen LogP contribution in [0, 0.1) is 11.6 Å². The molecule has 4 aromatic rings. The summed E-state index contributed by atoms with van der Waals surface area (Å²) >= 11 is 0. The fourth-order valence-corrected chi connectivity index (χ4v) is 3.77. The predicted molar refractivity (Wildman–Crippen MR) is 125 cm³/mol. The van der Waals surface area contributed by atoms with E-state index in [1.165, 1.54) is 48.2 Å². The Balaban J connectivity index is 1.79. The molecule has 0 aliphatic heterocycles. The number of methoxy groups -OCH3 is 1. The Morgan fingerprint density at radius 3 is 2.60 bits per heavy atom. The van der Waals surface area contributed by atoms with Crippen molar-refractivity contribution in [2.75, 3.05) is 25.2 Å². The van der Waals surface area contributed by atoms with Gasteiger partial charge in [0.15, 0.2) is 0 Å². The van der Waals surface area contributed by atoms with Crippen molar-refractivity contribution in [3.8, 4) is 0 Å². The summed E-state index contributed by atoms with van der Waals surface area (Å²) < 4.78 is 35.5. The minimum Gasteiger partial charge on any atom is -0.383 e. The molecule has 1 atom stereocenters. The molecule has 1 unspecified atom stereocenters. The highest BCUT2D eigenvalue weighted by Gasteiger charge is 2.35. The van der Waals surface area contributed by atoms with E-state index in [1.54, 1.807) is 30.3 Å². The third kappa shape index (κ3) is 5.33. The van der Waals surface area contributed by atoms with E-state index in [4.69, 9.17) is 4.74 Å². The summed E-state index contributed by atoms with van der Waals surface area (Å²) in [6.45, 7) is 0.0428. The number of ether oxygens (including phenoxy) is 1. The van der Waals surface area contributed by atoms with Gasteiger partial charge in [-0.3, -0.25) is 14.5 Å². The molecule has 0 radical (unpaired) electrons. The lowest BCUT2D eigenvalue weighted by Gasteiger charge is -2.31. The summed E-state index contributed by atoms with van der Waals surface area (Å²) in [7, 11) is 1.48. The number of nitrogens with one attached hydrogen (secondary N) is 1. The van der Waals surface area contributed by atoms with Gasteiger partial charge in [-0.05, 0) is 36.4 Å². The number of aromatic nitrogens is 3. The monoisotopic (exact) mass is 479 g/mol. The van der Waals surface area contributed by atoms with E-state index >= 15 is 0 Å². The number of amides is 2. The van der Waals surface area contributed by atoms with E-state index in [2.05, 4.69) is 15.6 Å². The lowest BCUT2D eigenvalue weighted by molar-refractivity contribution is -0.127. The third-order valence-electron chi connectivity index (χ3n) is 5.37. The Morgan fingerprint density at radius 1 is 1.06 bits per heavy atom. The van der Waals surface area contributed by atoms with Crippen LogP contribution in [0.1, 0.15) is 11.6 Å². The average Bonchev–Trinajstić information content (AvgIpc) is 3.26. The topological polar surface area (TPSA) is 89.4 Å². The van der Waals surface area contributed by atoms with Crippen LogP contribution in [0.25, 0.3) is 11.0 Å². The molecule has 4 rings (SSSR count). The summed E-state index contributed by atoms with van der Waals surface area (Å²) in [5.74, 6) is -2.55. The van der Waals surface area contributed by atoms with Crippen molar-refractivity contribution < 1.29 is 23.1 Å². The molecule has 180 valence electrons. The molecule has 2 amide bonds. The minimum absolute atomic E-state index is 0.0384. The predicted octanol–water partition coefficient (Wildman–Crippen LogP) is 3.25. The average molecular weight is 479 g/mol. The summed E-state index contributed by atoms with van der Waals surface area (Å²) in [4.78, 5) is 28.1. The number of fused-ring (bicyclic) bond motifs is 1. The number of anilines is 1. The number of hydrogen-bond acceptors (Lipinski definition) is 5. The molecule has 1 heterocycles. The molecule has 0 saturated carbocycles. The first-order valence-corrected chi connectivity index (χ1v) is 10.9. The highest BCUT2D eigenvalue weighted by Crippen LogP contribution is 2.30. The van der Waals surface area contributed by atoms with Gasteiger partial charge in [0, 0.05) is 24.9 Å². The Bertz CT molecular complexity index is 1340. The number of carbonyl (C=O) groups is 2. The quantitative estimate of drug-likeness (QED) is 0.373. The number of para-hydroxylation sites is 1. The zero-order valence-corrected chi connectivity index (χ0v) is 18.9. The second-order valence-corrected chi connectivity index (χ2v) is 7.69. The Morgan fingerprint density at radius 2 is 1.83 bits per heavy atom. The summed E-state index contributed by atoms with van der Waals surface area (Å²) in [6, 6.07) is 16.5. The van der Waals surface area contributed by atoms with Crippen LogP contribution in [-0.2, 0) is 20.9 Å². The molecule has 0 aliphatic rings. The molecule has 0 bridgehead atoms. The molecule has 1 aromatic heterocycles. The van der Waals surface area contributed by atoms with Crippen LogP contribution in [0.2, 0.25) is 0 Å². The fourth-order valence-electron chi connectivity index (χ4n) is 3.77. The fraction of sp³-hybridized carbons (Fsp3) is 0.200. The molecule has 0 fully saturated rings. The first-order chi connectivity index (χ1) is 17.0. The van der Waals surface area contributed by atoms with Crippen molar-refractivity contribution in [1.82, 2.24) is 20.3 Å². The molecule has 3 aromatic carbocycles. The van der Waals surface area contributed by atoms with E-state index in [9.17, 15) is 18.4 Å². The van der Waals surface area contributed by atoms with Crippen LogP contribution in [0.15, 0.2) is 72.8 Å². The van der Waals surface area contributed by atoms with Gasteiger partial charge in [0.2, 0.25) is 11.8 Å². The van der Waals surface area contributed by atoms with Gasteiger partial charge in [0.05, 0.1) is 12.1 Å². The van der Waals surface area contributed by atoms with Crippen LogP contribution in [0.5, 0.6) is 0 Å². The SMILES string of the molecule is COCCNC(=O)C(c1ccccc1F)N(C(=O)Cn1nnc2ccccc21)c1cccc(F)c1. The van der Waals surface area contributed by atoms with Crippen LogP contribution in [0.4, 0.5) is 14.5 Å². The normalized spacial score (nSPS) is 11.9. The third-order valence-corrected chi connectivity index (χ3v) is 5.37. The van der Waals surface area contributed by atoms with Crippen molar-refractivity contribution in [2.45, 2.75) is 12.6 Å². The van der Waals surface area contributed by atoms with E-state index < -0.39 is 29.5 Å². The van der Waals surface area contributed by atoms with Gasteiger partial charge in [0.25, 0.3) is 0 Å². The van der Waals surface area contributed by atoms with Crippen molar-refractivity contribution in [2.24, 2.45) is 0 Å². The maximum absolute atomic E-state index is 14.9. The zero-order valence-electron chi connectivity index (χ0n) is 18.9. The van der Waals surface area contributed by atoms with E-state index in [0.717, 1.165) is 11.0 Å². The molecule has 0 saturated heterocycles. The maximum atomic E-state index is 14.9. The molecule has 10 heteroatoms. The van der Waals surface area contributed by atoms with Gasteiger partial charge >= 0.3 is 0 Å². The Kier molecular flexibility index (Phi) is 7.41. The first-order valence-electron chi connectivity index (χ1n) is 10.9. The number of rotatable bonds is 9. The van der Waals surface area contributed by atoms with E-state index in [0.29, 0.717) is 11.0 Å². The standard InChI is InChI=1S/C25H23F2N5O3/c1-35-14-13-28-25(34)24(19-9-2-3-10-20(19)27)32(18-8-6-7-17(26)15-18)23(33)16-31-22-12-5-4-11-21(22)29-30-31/h2-12,15,24H,13-14,16H2,1H3,(H,28,34). The second kappa shape index (κ2) is 10.8. The smallest absolute Gasteiger partial charge is 0.249 e. The number of nitrogens with zero attached hydrogens (tertiary/aromatic N) is 4. The van der Waals surface area contributed by atoms with Crippen molar-refractivity contribution in [3.63, 3.8) is 0 Å². The second-order valence-electron chi connectivity index (χ2n) is 7.69. The lowest BCUT2D eigenvalue weighted by atomic mass is 10.0. The van der Waals surface area contributed by atoms with Crippen LogP contribution in [-0.4, -0.2) is 47.1 Å². The van der Waals surface area contributed by atoms with Crippen molar-refractivity contribution in [1.29, 1.82) is 0 Å². The summed E-state index contributed by atoms with van der Waals surface area (Å²) in [6.07, 6.45) is 0. The first kappa shape index (κ1) is 24.0. The molecule has 0 spiro atoms. The molecule has 8 nitrogen and oxygen atoms in total. The van der Waals surface area contributed by atoms with Gasteiger partial charge in [-0.25, -0.2) is 13.5 Å². The largest absolute Gasteiger partial charge is 0.383 e. The zero-order chi connectivity index (χ0) is 24.8. The van der Waals surface area contributed by atoms with Crippen molar-refractivity contribution in [3.05, 3.63) is 90.0 Å². The van der Waals surface area contributed by atoms with Gasteiger partial charge in [-0.1, -0.05) is 41.6 Å². The molecular weight excluding hydrogens is 456 g/mol. The number of carbonyl (C=O) groups excluding carboxylic acids is 2. The molecule has 0 aliphatic carbocycles. The Labute approximate surface area is 200 Å². The molecule has 35 heavy (non-hydrogen) atoms. The highest BCUT2D eigenvalue weighted by atomic mass is 19.1. The Hall–Kier alpha value is -4.18. The van der Waals surface area contributed by atoms with Crippen LogP contribution >= 0.6 is 0 Å². The van der Waals surface area contributed by atoms with E-state index in [1.807, 2.05) is 0 Å². The van der Waals surface area contributed by atoms with Gasteiger partial charge < -0.3 is 10.1 Å². The van der Waals surface area contributed by atoms with Gasteiger partial charge in [-0.15, -0.1) is 5.10 Å². The molecule has 1 N–H and O–H groups in total. The van der Waals surface area contributed by atoms with Gasteiger partial charge in [-0.2, -0.15) is 0 Å². The lowest BCUT2D eigenvalue weighted by Crippen LogP contribution is -2.46. The highest BCUT2D eigenvalue weighted by molar-refractivity contribution is 6.01. The van der Waals surface area contributed by atoms with Gasteiger partial charge in [0.1, 0.15) is 29.7 Å². The summed E-state index contributed by atoms with van der Waals surface area (Å²) in [5.41, 5.74) is 1.24. The number of halogens is 2. The van der Waals surface area contributed by atoms with Crippen LogP contribution in [0.3, 0.4) is 0 Å². The van der Waals surface area contributed by atoms with Crippen LogP contribution < -0.4 is 10.2 Å². The summed E-state index contributed by atoms with van der Waals surface area (Å²) in [5, 5.41) is 10.8. The number of benzene rings is 3. The minimum atomic E-state index is -1.42. The van der Waals surface area contributed by atoms with E-state index in [-0.39, 0.29) is 30.9 Å². The molecular formula is C25H23F2N5O3. The van der Waals surface area contributed by atoms with Crippen molar-refractivity contribution >= 4 is 28.5 Å².